The van der Waals surface area contributed by atoms with Gasteiger partial charge in [0.15, 0.2) is 23.0 Å². The first-order valence-corrected chi connectivity index (χ1v) is 12.2. The minimum absolute atomic E-state index is 0.00281. The van der Waals surface area contributed by atoms with Crippen LogP contribution in [0, 0.1) is 6.92 Å². The Labute approximate surface area is 211 Å². The van der Waals surface area contributed by atoms with E-state index in [1.807, 2.05) is 19.1 Å². The fraction of sp³-hybridized carbons (Fsp3) is 0.308. The SMILES string of the molecule is COc1cc(C(O)C(O)CO)c(-c2cc3c(cc2S(=O)c2ccc(C)cc2)OCO3)c(OC)c1OC. The van der Waals surface area contributed by atoms with Crippen molar-refractivity contribution in [2.75, 3.05) is 34.7 Å². The van der Waals surface area contributed by atoms with Gasteiger partial charge >= 0.3 is 0 Å². The standard InChI is InChI=1S/C26H28O9S/c1-14-5-7-15(8-6-14)36(30)22-11-20-19(34-13-35-20)9-16(22)23-17(24(29)18(28)12-27)10-21(31-2)25(32-3)26(23)33-4/h5-11,18,24,27-29H,12-13H2,1-4H3. The number of fused-ring (bicyclic) bond motifs is 1. The summed E-state index contributed by atoms with van der Waals surface area (Å²) in [5.41, 5.74) is 1.89. The van der Waals surface area contributed by atoms with Crippen LogP contribution in [-0.4, -0.2) is 60.4 Å². The molecule has 10 heteroatoms. The third-order valence-corrected chi connectivity index (χ3v) is 7.35. The van der Waals surface area contributed by atoms with Crippen LogP contribution in [0.25, 0.3) is 11.1 Å². The van der Waals surface area contributed by atoms with E-state index in [-0.39, 0.29) is 29.6 Å². The molecule has 0 bridgehead atoms. The van der Waals surface area contributed by atoms with Gasteiger partial charge < -0.3 is 39.0 Å². The lowest BCUT2D eigenvalue weighted by Crippen LogP contribution is -2.23. The molecule has 0 spiro atoms. The van der Waals surface area contributed by atoms with Gasteiger partial charge in [-0.2, -0.15) is 0 Å². The molecule has 0 saturated carbocycles. The van der Waals surface area contributed by atoms with Crippen LogP contribution < -0.4 is 23.7 Å². The van der Waals surface area contributed by atoms with E-state index in [1.54, 1.807) is 24.3 Å². The second-order valence-electron chi connectivity index (χ2n) is 8.09. The maximum atomic E-state index is 13.9. The summed E-state index contributed by atoms with van der Waals surface area (Å²) in [6.07, 6.45) is -3.04. The number of hydrogen-bond donors (Lipinski definition) is 3. The van der Waals surface area contributed by atoms with E-state index in [9.17, 15) is 19.5 Å². The summed E-state index contributed by atoms with van der Waals surface area (Å²) in [4.78, 5) is 0.915. The van der Waals surface area contributed by atoms with Gasteiger partial charge in [-0.15, -0.1) is 0 Å². The minimum atomic E-state index is -1.68. The lowest BCUT2D eigenvalue weighted by molar-refractivity contribution is -0.0151. The van der Waals surface area contributed by atoms with Gasteiger partial charge in [-0.1, -0.05) is 17.7 Å². The van der Waals surface area contributed by atoms with Gasteiger partial charge in [0.05, 0.1) is 43.6 Å². The maximum absolute atomic E-state index is 13.9. The molecule has 0 amide bonds. The van der Waals surface area contributed by atoms with Crippen molar-refractivity contribution < 1.29 is 43.2 Å². The molecule has 9 nitrogen and oxygen atoms in total. The van der Waals surface area contributed by atoms with Crippen LogP contribution in [0.1, 0.15) is 17.2 Å². The largest absolute Gasteiger partial charge is 0.493 e. The molecule has 0 radical (unpaired) electrons. The molecular formula is C26H28O9S. The monoisotopic (exact) mass is 516 g/mol. The van der Waals surface area contributed by atoms with Gasteiger partial charge in [0.2, 0.25) is 12.5 Å². The molecule has 3 atom stereocenters. The zero-order valence-electron chi connectivity index (χ0n) is 20.3. The van der Waals surface area contributed by atoms with E-state index in [1.165, 1.54) is 27.4 Å². The lowest BCUT2D eigenvalue weighted by Gasteiger charge is -2.25. The Bertz CT molecular complexity index is 1270. The predicted molar refractivity (Wildman–Crippen MR) is 132 cm³/mol. The van der Waals surface area contributed by atoms with E-state index in [0.29, 0.717) is 32.4 Å². The Morgan fingerprint density at radius 1 is 0.944 bits per heavy atom. The Hall–Kier alpha value is -3.31. The summed E-state index contributed by atoms with van der Waals surface area (Å²) in [6, 6.07) is 12.0. The highest BCUT2D eigenvalue weighted by Crippen LogP contribution is 2.52. The average Bonchev–Trinajstić information content (AvgIpc) is 3.37. The van der Waals surface area contributed by atoms with E-state index >= 15 is 0 Å². The molecule has 0 saturated heterocycles. The molecule has 36 heavy (non-hydrogen) atoms. The molecule has 0 aromatic heterocycles. The zero-order chi connectivity index (χ0) is 26.0. The van der Waals surface area contributed by atoms with E-state index in [2.05, 4.69) is 0 Å². The number of aryl methyl sites for hydroxylation is 1. The molecule has 3 aromatic carbocycles. The third kappa shape index (κ3) is 4.60. The molecule has 1 heterocycles. The van der Waals surface area contributed by atoms with Crippen molar-refractivity contribution in [3.05, 3.63) is 53.6 Å². The quantitative estimate of drug-likeness (QED) is 0.394. The smallest absolute Gasteiger partial charge is 0.231 e. The van der Waals surface area contributed by atoms with Gasteiger partial charge in [-0.05, 0) is 36.8 Å². The van der Waals surface area contributed by atoms with Crippen LogP contribution in [-0.2, 0) is 10.8 Å². The molecule has 3 N–H and O–H groups in total. The summed E-state index contributed by atoms with van der Waals surface area (Å²) < 4.78 is 41.7. The molecule has 1 aliphatic rings. The van der Waals surface area contributed by atoms with Gasteiger partial charge in [-0.3, -0.25) is 0 Å². The second kappa shape index (κ2) is 10.8. The molecular weight excluding hydrogens is 488 g/mol. The van der Waals surface area contributed by atoms with Crippen LogP contribution >= 0.6 is 0 Å². The zero-order valence-corrected chi connectivity index (χ0v) is 21.1. The Kier molecular flexibility index (Phi) is 7.70. The Morgan fingerprint density at radius 2 is 1.58 bits per heavy atom. The molecule has 0 aliphatic carbocycles. The number of aliphatic hydroxyl groups is 3. The topological polar surface area (TPSA) is 124 Å². The van der Waals surface area contributed by atoms with Gasteiger partial charge in [0.25, 0.3) is 0 Å². The van der Waals surface area contributed by atoms with Crippen LogP contribution in [0.5, 0.6) is 28.7 Å². The van der Waals surface area contributed by atoms with Gasteiger partial charge in [0, 0.05) is 22.1 Å². The summed E-state index contributed by atoms with van der Waals surface area (Å²) in [7, 11) is 2.61. The number of methoxy groups -OCH3 is 3. The molecule has 3 aromatic rings. The number of benzene rings is 3. The maximum Gasteiger partial charge on any atom is 0.231 e. The lowest BCUT2D eigenvalue weighted by atomic mass is 9.91. The molecule has 0 fully saturated rings. The summed E-state index contributed by atoms with van der Waals surface area (Å²) in [5.74, 6) is 1.48. The van der Waals surface area contributed by atoms with Crippen molar-refractivity contribution in [2.45, 2.75) is 28.9 Å². The summed E-state index contributed by atoms with van der Waals surface area (Å²) in [5, 5.41) is 30.9. The fourth-order valence-corrected chi connectivity index (χ4v) is 5.27. The Morgan fingerprint density at radius 3 is 2.17 bits per heavy atom. The number of aliphatic hydroxyl groups excluding tert-OH is 3. The molecule has 3 unspecified atom stereocenters. The first kappa shape index (κ1) is 25.8. The van der Waals surface area contributed by atoms with E-state index in [4.69, 9.17) is 23.7 Å². The van der Waals surface area contributed by atoms with Crippen molar-refractivity contribution in [2.24, 2.45) is 0 Å². The Balaban J connectivity index is 2.07. The van der Waals surface area contributed by atoms with E-state index in [0.717, 1.165) is 5.56 Å². The predicted octanol–water partition coefficient (Wildman–Crippen LogP) is 2.97. The molecule has 192 valence electrons. The van der Waals surface area contributed by atoms with E-state index < -0.39 is 29.6 Å². The highest BCUT2D eigenvalue weighted by atomic mass is 32.2. The second-order valence-corrected chi connectivity index (χ2v) is 9.54. The van der Waals surface area contributed by atoms with Crippen molar-refractivity contribution in [1.82, 2.24) is 0 Å². The van der Waals surface area contributed by atoms with Crippen LogP contribution in [0.15, 0.2) is 52.3 Å². The van der Waals surface area contributed by atoms with Crippen LogP contribution in [0.2, 0.25) is 0 Å². The number of ether oxygens (including phenoxy) is 5. The van der Waals surface area contributed by atoms with Crippen molar-refractivity contribution >= 4 is 10.8 Å². The first-order chi connectivity index (χ1) is 17.3. The van der Waals surface area contributed by atoms with Crippen molar-refractivity contribution in [3.8, 4) is 39.9 Å². The third-order valence-electron chi connectivity index (χ3n) is 5.91. The summed E-state index contributed by atoms with van der Waals surface area (Å²) >= 11 is 0. The molecule has 4 rings (SSSR count). The highest BCUT2D eigenvalue weighted by molar-refractivity contribution is 7.85. The van der Waals surface area contributed by atoms with Crippen LogP contribution in [0.3, 0.4) is 0 Å². The van der Waals surface area contributed by atoms with Crippen LogP contribution in [0.4, 0.5) is 0 Å². The normalized spacial score (nSPS) is 14.8. The average molecular weight is 517 g/mol. The minimum Gasteiger partial charge on any atom is -0.493 e. The van der Waals surface area contributed by atoms with Crippen molar-refractivity contribution in [3.63, 3.8) is 0 Å². The highest BCUT2D eigenvalue weighted by Gasteiger charge is 2.32. The number of rotatable bonds is 9. The van der Waals surface area contributed by atoms with Gasteiger partial charge in [-0.25, -0.2) is 4.21 Å². The number of hydrogen-bond acceptors (Lipinski definition) is 9. The first-order valence-electron chi connectivity index (χ1n) is 11.1. The van der Waals surface area contributed by atoms with Gasteiger partial charge in [0.1, 0.15) is 12.2 Å². The van der Waals surface area contributed by atoms with Crippen molar-refractivity contribution in [1.29, 1.82) is 0 Å². The fourth-order valence-electron chi connectivity index (χ4n) is 4.05. The summed E-state index contributed by atoms with van der Waals surface area (Å²) in [6.45, 7) is 1.24. The molecule has 1 aliphatic heterocycles.